The van der Waals surface area contributed by atoms with Crippen molar-refractivity contribution < 1.29 is 4.39 Å². The summed E-state index contributed by atoms with van der Waals surface area (Å²) < 4.78 is 13.6. The largest absolute Gasteiger partial charge is 0.397 e. The zero-order valence-corrected chi connectivity index (χ0v) is 9.92. The van der Waals surface area contributed by atoms with Gasteiger partial charge in [0.15, 0.2) is 5.82 Å². The van der Waals surface area contributed by atoms with E-state index < -0.39 is 5.82 Å². The molecule has 2 aromatic rings. The molecule has 5 heteroatoms. The summed E-state index contributed by atoms with van der Waals surface area (Å²) >= 11 is 5.68. The minimum Gasteiger partial charge on any atom is -0.397 e. The minimum atomic E-state index is -0.495. The first-order chi connectivity index (χ1) is 8.08. The molecule has 0 radical (unpaired) electrons. The number of nitrogens with zero attached hydrogens (tertiary/aromatic N) is 1. The summed E-state index contributed by atoms with van der Waals surface area (Å²) in [6.45, 7) is 1.86. The second-order valence-corrected chi connectivity index (χ2v) is 4.06. The fourth-order valence-electron chi connectivity index (χ4n) is 1.37. The third kappa shape index (κ3) is 2.47. The van der Waals surface area contributed by atoms with Gasteiger partial charge in [-0.1, -0.05) is 17.7 Å². The molecule has 0 aliphatic rings. The normalized spacial score (nSPS) is 10.3. The Balaban J connectivity index is 2.31. The smallest absolute Gasteiger partial charge is 0.165 e. The monoisotopic (exact) mass is 251 g/mol. The van der Waals surface area contributed by atoms with E-state index in [0.717, 1.165) is 5.56 Å². The molecule has 0 fully saturated rings. The van der Waals surface area contributed by atoms with Crippen LogP contribution in [0.25, 0.3) is 0 Å². The van der Waals surface area contributed by atoms with Gasteiger partial charge in [0, 0.05) is 0 Å². The van der Waals surface area contributed by atoms with Crippen molar-refractivity contribution in [2.45, 2.75) is 6.92 Å². The van der Waals surface area contributed by atoms with Gasteiger partial charge in [0.1, 0.15) is 5.82 Å². The van der Waals surface area contributed by atoms with Crippen LogP contribution in [0.2, 0.25) is 5.02 Å². The zero-order chi connectivity index (χ0) is 12.4. The highest BCUT2D eigenvalue weighted by atomic mass is 35.5. The number of rotatable bonds is 2. The van der Waals surface area contributed by atoms with Crippen molar-refractivity contribution in [3.8, 4) is 0 Å². The summed E-state index contributed by atoms with van der Waals surface area (Å²) in [5, 5.41) is 2.93. The molecule has 0 amide bonds. The molecular weight excluding hydrogens is 241 g/mol. The highest BCUT2D eigenvalue weighted by Gasteiger charge is 2.07. The van der Waals surface area contributed by atoms with Crippen LogP contribution in [-0.2, 0) is 0 Å². The summed E-state index contributed by atoms with van der Waals surface area (Å²) in [4.78, 5) is 4.06. The van der Waals surface area contributed by atoms with Crippen molar-refractivity contribution in [2.75, 3.05) is 11.1 Å². The van der Waals surface area contributed by atoms with Crippen LogP contribution < -0.4 is 11.1 Å². The molecule has 3 nitrogen and oxygen atoms in total. The number of nitrogen functional groups attached to an aromatic ring is 1. The Morgan fingerprint density at radius 3 is 2.88 bits per heavy atom. The average molecular weight is 252 g/mol. The minimum absolute atomic E-state index is 0.0715. The first-order valence-electron chi connectivity index (χ1n) is 5.01. The molecule has 0 spiro atoms. The highest BCUT2D eigenvalue weighted by molar-refractivity contribution is 6.31. The molecule has 0 bridgehead atoms. The van der Waals surface area contributed by atoms with Gasteiger partial charge in [-0.05, 0) is 30.7 Å². The van der Waals surface area contributed by atoms with Gasteiger partial charge in [0.05, 0.1) is 22.6 Å². The van der Waals surface area contributed by atoms with Gasteiger partial charge in [-0.25, -0.2) is 9.37 Å². The van der Waals surface area contributed by atoms with Crippen LogP contribution in [0.1, 0.15) is 5.56 Å². The maximum atomic E-state index is 13.6. The lowest BCUT2D eigenvalue weighted by atomic mass is 10.2. The second kappa shape index (κ2) is 4.59. The maximum absolute atomic E-state index is 13.6. The second-order valence-electron chi connectivity index (χ2n) is 3.65. The molecule has 0 unspecified atom stereocenters. The Kier molecular flexibility index (Phi) is 3.15. The molecule has 1 aromatic heterocycles. The molecule has 1 heterocycles. The molecule has 0 atom stereocenters. The molecule has 0 saturated carbocycles. The molecule has 1 aromatic carbocycles. The lowest BCUT2D eigenvalue weighted by Gasteiger charge is -2.09. The van der Waals surface area contributed by atoms with E-state index in [-0.39, 0.29) is 10.7 Å². The highest BCUT2D eigenvalue weighted by Crippen LogP contribution is 2.25. The first kappa shape index (κ1) is 11.7. The van der Waals surface area contributed by atoms with Crippen LogP contribution in [0.5, 0.6) is 0 Å². The van der Waals surface area contributed by atoms with E-state index in [4.69, 9.17) is 17.3 Å². The van der Waals surface area contributed by atoms with E-state index in [0.29, 0.717) is 11.5 Å². The quantitative estimate of drug-likeness (QED) is 0.859. The lowest BCUT2D eigenvalue weighted by Crippen LogP contribution is -1.99. The number of anilines is 3. The van der Waals surface area contributed by atoms with Gasteiger partial charge in [-0.3, -0.25) is 0 Å². The fraction of sp³-hybridized carbons (Fsp3) is 0.0833. The standard InChI is InChI=1S/C12H11ClFN3/c1-7-5-11(16-6-9(7)15)17-10-4-2-3-8(13)12(10)14/h2-6H,15H2,1H3,(H,16,17). The molecule has 17 heavy (non-hydrogen) atoms. The van der Waals surface area contributed by atoms with Crippen LogP contribution >= 0.6 is 11.6 Å². The summed E-state index contributed by atoms with van der Waals surface area (Å²) in [7, 11) is 0. The number of benzene rings is 1. The number of halogens is 2. The van der Waals surface area contributed by atoms with E-state index in [1.54, 1.807) is 18.2 Å². The topological polar surface area (TPSA) is 50.9 Å². The number of nitrogens with two attached hydrogens (primary N) is 1. The van der Waals surface area contributed by atoms with E-state index in [9.17, 15) is 4.39 Å². The van der Waals surface area contributed by atoms with Crippen molar-refractivity contribution in [1.82, 2.24) is 4.98 Å². The average Bonchev–Trinajstić information content (AvgIpc) is 2.30. The Bertz CT molecular complexity index is 557. The molecule has 3 N–H and O–H groups in total. The van der Waals surface area contributed by atoms with Gasteiger partial charge >= 0.3 is 0 Å². The van der Waals surface area contributed by atoms with Gasteiger partial charge in [0.2, 0.25) is 0 Å². The Hall–Kier alpha value is -1.81. The number of nitrogens with one attached hydrogen (secondary N) is 1. The number of pyridine rings is 1. The van der Waals surface area contributed by atoms with Crippen molar-refractivity contribution in [3.63, 3.8) is 0 Å². The van der Waals surface area contributed by atoms with Crippen molar-refractivity contribution in [1.29, 1.82) is 0 Å². The van der Waals surface area contributed by atoms with Crippen LogP contribution in [0.3, 0.4) is 0 Å². The van der Waals surface area contributed by atoms with E-state index in [1.807, 2.05) is 6.92 Å². The van der Waals surface area contributed by atoms with Crippen molar-refractivity contribution in [2.24, 2.45) is 0 Å². The zero-order valence-electron chi connectivity index (χ0n) is 9.17. The Morgan fingerprint density at radius 2 is 2.18 bits per heavy atom. The third-order valence-corrected chi connectivity index (χ3v) is 2.66. The van der Waals surface area contributed by atoms with Crippen LogP contribution in [0.4, 0.5) is 21.6 Å². The summed E-state index contributed by atoms with van der Waals surface area (Å²) in [5.74, 6) is 0.0308. The predicted molar refractivity (Wildman–Crippen MR) is 68.1 cm³/mol. The number of hydrogen-bond donors (Lipinski definition) is 2. The summed E-state index contributed by atoms with van der Waals surface area (Å²) in [6.07, 6.45) is 1.53. The van der Waals surface area contributed by atoms with Gasteiger partial charge < -0.3 is 11.1 Å². The SMILES string of the molecule is Cc1cc(Nc2cccc(Cl)c2F)ncc1N. The molecule has 0 aliphatic carbocycles. The predicted octanol–water partition coefficient (Wildman–Crippen LogP) is 3.51. The summed E-state index contributed by atoms with van der Waals surface area (Å²) in [6, 6.07) is 6.49. The number of aryl methyl sites for hydroxylation is 1. The Labute approximate surface area is 103 Å². The Morgan fingerprint density at radius 1 is 1.41 bits per heavy atom. The fourth-order valence-corrected chi connectivity index (χ4v) is 1.55. The van der Waals surface area contributed by atoms with E-state index in [2.05, 4.69) is 10.3 Å². The first-order valence-corrected chi connectivity index (χ1v) is 5.39. The van der Waals surface area contributed by atoms with Gasteiger partial charge in [-0.15, -0.1) is 0 Å². The number of aromatic nitrogens is 1. The third-order valence-electron chi connectivity index (χ3n) is 2.37. The summed E-state index contributed by atoms with van der Waals surface area (Å²) in [5.41, 5.74) is 7.42. The van der Waals surface area contributed by atoms with Crippen molar-refractivity contribution in [3.05, 3.63) is 46.9 Å². The van der Waals surface area contributed by atoms with Crippen LogP contribution in [0.15, 0.2) is 30.5 Å². The van der Waals surface area contributed by atoms with Crippen molar-refractivity contribution >= 4 is 28.8 Å². The van der Waals surface area contributed by atoms with E-state index in [1.165, 1.54) is 12.3 Å². The van der Waals surface area contributed by atoms with Crippen LogP contribution in [0, 0.1) is 12.7 Å². The van der Waals surface area contributed by atoms with Crippen LogP contribution in [-0.4, -0.2) is 4.98 Å². The molecular formula is C12H11ClFN3. The molecule has 88 valence electrons. The molecule has 0 aliphatic heterocycles. The number of hydrogen-bond acceptors (Lipinski definition) is 3. The van der Waals surface area contributed by atoms with E-state index >= 15 is 0 Å². The lowest BCUT2D eigenvalue weighted by molar-refractivity contribution is 0.632. The van der Waals surface area contributed by atoms with Gasteiger partial charge in [-0.2, -0.15) is 0 Å². The molecule has 0 saturated heterocycles. The maximum Gasteiger partial charge on any atom is 0.165 e. The molecule has 2 rings (SSSR count). The van der Waals surface area contributed by atoms with Gasteiger partial charge in [0.25, 0.3) is 0 Å².